The van der Waals surface area contributed by atoms with Crippen LogP contribution < -0.4 is 20.7 Å². The highest BCUT2D eigenvalue weighted by Gasteiger charge is 2.18. The summed E-state index contributed by atoms with van der Waals surface area (Å²) in [6.45, 7) is 3.62. The van der Waals surface area contributed by atoms with Crippen molar-refractivity contribution in [2.75, 3.05) is 7.11 Å². The predicted octanol–water partition coefficient (Wildman–Crippen LogP) is 2.15. The lowest BCUT2D eigenvalue weighted by Crippen LogP contribution is -2.38. The second-order valence-electron chi connectivity index (χ2n) is 7.22. The minimum Gasteiger partial charge on any atom is -0.489 e. The molecule has 3 rings (SSSR count). The van der Waals surface area contributed by atoms with Gasteiger partial charge in [0.05, 0.1) is 7.11 Å². The monoisotopic (exact) mass is 457 g/mol. The summed E-state index contributed by atoms with van der Waals surface area (Å²) >= 11 is 0. The van der Waals surface area contributed by atoms with Crippen LogP contribution in [0.25, 0.3) is 5.69 Å². The molecule has 10 heteroatoms. The van der Waals surface area contributed by atoms with Gasteiger partial charge in [-0.1, -0.05) is 19.1 Å². The van der Waals surface area contributed by atoms with Crippen molar-refractivity contribution < 1.29 is 23.4 Å². The van der Waals surface area contributed by atoms with E-state index < -0.39 is 29.1 Å². The molecule has 1 atom stereocenters. The molecule has 0 aliphatic carbocycles. The van der Waals surface area contributed by atoms with Gasteiger partial charge in [0.25, 0.3) is 5.56 Å². The summed E-state index contributed by atoms with van der Waals surface area (Å²) in [5.74, 6) is -0.590. The topological polar surface area (TPSA) is 102 Å². The number of rotatable bonds is 8. The summed E-state index contributed by atoms with van der Waals surface area (Å²) in [6, 6.07) is 9.48. The van der Waals surface area contributed by atoms with E-state index in [1.807, 2.05) is 25.1 Å². The van der Waals surface area contributed by atoms with Crippen LogP contribution in [0.15, 0.2) is 52.2 Å². The van der Waals surface area contributed by atoms with Crippen molar-refractivity contribution in [1.29, 1.82) is 0 Å². The Morgan fingerprint density at radius 2 is 1.94 bits per heavy atom. The molecule has 0 aliphatic heterocycles. The number of aromatic nitrogens is 3. The molecule has 174 valence electrons. The van der Waals surface area contributed by atoms with Crippen molar-refractivity contribution in [2.24, 2.45) is 7.05 Å². The average Bonchev–Trinajstić information content (AvgIpc) is 2.81. The normalized spacial score (nSPS) is 11.7. The molecule has 0 bridgehead atoms. The molecule has 0 N–H and O–H groups in total. The molecule has 0 fully saturated rings. The molecule has 0 radical (unpaired) electrons. The molecule has 1 aromatic heterocycles. The van der Waals surface area contributed by atoms with E-state index in [2.05, 4.69) is 5.10 Å². The van der Waals surface area contributed by atoms with E-state index >= 15 is 0 Å². The maximum Gasteiger partial charge on any atom is 0.352 e. The number of nitrogens with zero attached hydrogens (tertiary/aromatic N) is 3. The van der Waals surface area contributed by atoms with E-state index in [4.69, 9.17) is 14.2 Å². The van der Waals surface area contributed by atoms with E-state index in [0.717, 1.165) is 33.5 Å². The molecule has 33 heavy (non-hydrogen) atoms. The maximum atomic E-state index is 14.7. The zero-order valence-corrected chi connectivity index (χ0v) is 18.7. The molecular weight excluding hydrogens is 433 g/mol. The van der Waals surface area contributed by atoms with Crippen LogP contribution in [0.2, 0.25) is 0 Å². The molecule has 0 aliphatic rings. The zero-order chi connectivity index (χ0) is 24.1. The van der Waals surface area contributed by atoms with Crippen molar-refractivity contribution in [3.63, 3.8) is 0 Å². The van der Waals surface area contributed by atoms with Crippen LogP contribution in [0, 0.1) is 5.82 Å². The van der Waals surface area contributed by atoms with Crippen LogP contribution in [0.3, 0.4) is 0 Å². The lowest BCUT2D eigenvalue weighted by Gasteiger charge is -2.17. The first-order chi connectivity index (χ1) is 15.7. The third kappa shape index (κ3) is 5.28. The smallest absolute Gasteiger partial charge is 0.352 e. The minimum absolute atomic E-state index is 0.0457. The van der Waals surface area contributed by atoms with E-state index in [0.29, 0.717) is 11.3 Å². The number of benzene rings is 2. The Bertz CT molecular complexity index is 1280. The van der Waals surface area contributed by atoms with E-state index in [1.54, 1.807) is 6.92 Å². The van der Waals surface area contributed by atoms with Crippen LogP contribution in [0.1, 0.15) is 25.0 Å². The first-order valence-electron chi connectivity index (χ1n) is 10.2. The second-order valence-corrected chi connectivity index (χ2v) is 7.22. The molecule has 3 aromatic rings. The molecule has 1 unspecified atom stereocenters. The quantitative estimate of drug-likeness (QED) is 0.478. The van der Waals surface area contributed by atoms with Gasteiger partial charge >= 0.3 is 11.7 Å². The molecule has 2 aromatic carbocycles. The van der Waals surface area contributed by atoms with Crippen LogP contribution >= 0.6 is 0 Å². The molecule has 0 saturated carbocycles. The van der Waals surface area contributed by atoms with Gasteiger partial charge in [0.1, 0.15) is 30.0 Å². The van der Waals surface area contributed by atoms with Crippen LogP contribution in [0.5, 0.6) is 11.5 Å². The van der Waals surface area contributed by atoms with Crippen molar-refractivity contribution in [2.45, 2.75) is 33.0 Å². The third-order valence-electron chi connectivity index (χ3n) is 5.00. The van der Waals surface area contributed by atoms with Crippen molar-refractivity contribution >= 4 is 5.97 Å². The molecule has 0 spiro atoms. The maximum absolute atomic E-state index is 14.7. The standard InChI is InChI=1S/C23H24FN3O6/c1-5-15-6-7-16(20(10-15)33-14(2)22(29)31-4)13-32-17-8-9-19(18(24)11-17)27-23(30)26(3)21(28)12-25-27/h6-12,14H,5,13H2,1-4H3. The Morgan fingerprint density at radius 1 is 1.18 bits per heavy atom. The van der Waals surface area contributed by atoms with Crippen molar-refractivity contribution in [3.8, 4) is 17.2 Å². The first-order valence-corrected chi connectivity index (χ1v) is 10.2. The fourth-order valence-electron chi connectivity index (χ4n) is 3.01. The minimum atomic E-state index is -0.815. The fourth-order valence-corrected chi connectivity index (χ4v) is 3.01. The number of methoxy groups -OCH3 is 1. The van der Waals surface area contributed by atoms with Gasteiger partial charge in [-0.25, -0.2) is 14.0 Å². The number of carbonyl (C=O) groups excluding carboxylic acids is 1. The number of hydrogen-bond donors (Lipinski definition) is 0. The van der Waals surface area contributed by atoms with Crippen LogP contribution in [0.4, 0.5) is 4.39 Å². The summed E-state index contributed by atoms with van der Waals surface area (Å²) in [6.07, 6.45) is 0.891. The SMILES string of the molecule is CCc1ccc(COc2ccc(-n3ncc(=O)n(C)c3=O)c(F)c2)c(OC(C)C(=O)OC)c1. The number of halogens is 1. The first kappa shape index (κ1) is 23.7. The lowest BCUT2D eigenvalue weighted by molar-refractivity contribution is -0.147. The Kier molecular flexibility index (Phi) is 7.27. The molecule has 0 amide bonds. The van der Waals surface area contributed by atoms with Gasteiger partial charge in [0.15, 0.2) is 11.9 Å². The molecule has 1 heterocycles. The molecule has 0 saturated heterocycles. The molecule has 9 nitrogen and oxygen atoms in total. The predicted molar refractivity (Wildman–Crippen MR) is 117 cm³/mol. The summed E-state index contributed by atoms with van der Waals surface area (Å²) in [7, 11) is 2.56. The number of esters is 1. The highest BCUT2D eigenvalue weighted by molar-refractivity contribution is 5.74. The second kappa shape index (κ2) is 10.1. The summed E-state index contributed by atoms with van der Waals surface area (Å²) in [4.78, 5) is 35.5. The average molecular weight is 457 g/mol. The zero-order valence-electron chi connectivity index (χ0n) is 18.7. The number of ether oxygens (including phenoxy) is 3. The van der Waals surface area contributed by atoms with Crippen LogP contribution in [-0.4, -0.2) is 33.5 Å². The van der Waals surface area contributed by atoms with Gasteiger partial charge in [0, 0.05) is 18.7 Å². The van der Waals surface area contributed by atoms with Gasteiger partial charge in [-0.05, 0) is 37.1 Å². The number of carbonyl (C=O) groups is 1. The largest absolute Gasteiger partial charge is 0.489 e. The van der Waals surface area contributed by atoms with Crippen LogP contribution in [-0.2, 0) is 29.6 Å². The fraction of sp³-hybridized carbons (Fsp3) is 0.304. The summed E-state index contributed by atoms with van der Waals surface area (Å²) in [5, 5.41) is 3.71. The lowest BCUT2D eigenvalue weighted by atomic mass is 10.1. The number of hydrogen-bond acceptors (Lipinski definition) is 7. The van der Waals surface area contributed by atoms with Gasteiger partial charge in [-0.15, -0.1) is 0 Å². The highest BCUT2D eigenvalue weighted by Crippen LogP contribution is 2.25. The third-order valence-corrected chi connectivity index (χ3v) is 5.00. The highest BCUT2D eigenvalue weighted by atomic mass is 19.1. The Morgan fingerprint density at radius 3 is 2.61 bits per heavy atom. The van der Waals surface area contributed by atoms with Gasteiger partial charge in [-0.2, -0.15) is 9.78 Å². The van der Waals surface area contributed by atoms with Crippen molar-refractivity contribution in [1.82, 2.24) is 14.3 Å². The van der Waals surface area contributed by atoms with E-state index in [1.165, 1.54) is 26.3 Å². The number of aryl methyl sites for hydroxylation is 1. The van der Waals surface area contributed by atoms with Crippen molar-refractivity contribution in [3.05, 3.63) is 80.4 Å². The summed E-state index contributed by atoms with van der Waals surface area (Å²) < 4.78 is 32.5. The Hall–Kier alpha value is -3.95. The van der Waals surface area contributed by atoms with E-state index in [9.17, 15) is 18.8 Å². The van der Waals surface area contributed by atoms with Gasteiger partial charge in [0.2, 0.25) is 0 Å². The van der Waals surface area contributed by atoms with Gasteiger partial charge < -0.3 is 14.2 Å². The Labute approximate surface area is 189 Å². The Balaban J connectivity index is 1.82. The summed E-state index contributed by atoms with van der Waals surface area (Å²) in [5.41, 5.74) is 0.184. The molecular formula is C23H24FN3O6. The van der Waals surface area contributed by atoms with Gasteiger partial charge in [-0.3, -0.25) is 9.36 Å². The van der Waals surface area contributed by atoms with E-state index in [-0.39, 0.29) is 18.0 Å².